The number of anilines is 1. The molecule has 4 N–H and O–H groups in total. The molecule has 1 saturated heterocycles. The summed E-state index contributed by atoms with van der Waals surface area (Å²) >= 11 is 0. The van der Waals surface area contributed by atoms with Gasteiger partial charge in [0.15, 0.2) is 0 Å². The minimum Gasteiger partial charge on any atom is -0.399 e. The molecule has 0 aliphatic carbocycles. The molecule has 1 aromatic carbocycles. The van der Waals surface area contributed by atoms with Crippen LogP contribution in [0.2, 0.25) is 5.21 Å². The van der Waals surface area contributed by atoms with Gasteiger partial charge < -0.3 is 15.7 Å². The summed E-state index contributed by atoms with van der Waals surface area (Å²) in [6, 6.07) is 0. The Labute approximate surface area is 161 Å². The van der Waals surface area contributed by atoms with E-state index in [1.165, 1.54) is 0 Å². The fraction of sp³-hybridized carbons (Fsp3) is 0.308. The molecule has 27 heavy (non-hydrogen) atoms. The van der Waals surface area contributed by atoms with Crippen LogP contribution in [0.15, 0.2) is 0 Å². The molecule has 2 atom stereocenters. The Morgan fingerprint density at radius 1 is 1.07 bits per heavy atom. The molecule has 3 rings (SSSR count). The zero-order valence-electron chi connectivity index (χ0n) is 13.7. The second kappa shape index (κ2) is 5.47. The van der Waals surface area contributed by atoms with Gasteiger partial charge in [-0.2, -0.15) is 0 Å². The number of nitrogens with one attached hydrogen (secondary N) is 1. The number of nitrogens with zero attached hydrogens (tertiary/aromatic N) is 1. The average Bonchev–Trinajstić information content (AvgIpc) is 2.93. The number of aliphatic hydroxyl groups is 1. The Morgan fingerprint density at radius 3 is 2.19 bits per heavy atom. The average molecular weight is 352 g/mol. The Hall–Kier alpha value is -2.09. The number of amides is 3. The predicted molar refractivity (Wildman–Crippen MR) is 98.0 cm³/mol. The van der Waals surface area contributed by atoms with Crippen molar-refractivity contribution in [1.82, 2.24) is 10.2 Å². The number of hydrogen-bond donors (Lipinski definition) is 3. The molecule has 122 valence electrons. The first-order valence-corrected chi connectivity index (χ1v) is 7.41. The fourth-order valence-corrected chi connectivity index (χ4v) is 3.20. The second-order valence-corrected chi connectivity index (χ2v) is 6.48. The zero-order valence-corrected chi connectivity index (χ0v) is 13.7. The summed E-state index contributed by atoms with van der Waals surface area (Å²) in [6.45, 7) is -0.515. The first kappa shape index (κ1) is 19.7. The van der Waals surface area contributed by atoms with E-state index in [-0.39, 0.29) is 11.3 Å². The van der Waals surface area contributed by atoms with Crippen molar-refractivity contribution in [1.29, 1.82) is 0 Å². The van der Waals surface area contributed by atoms with E-state index in [9.17, 15) is 23.9 Å². The summed E-state index contributed by atoms with van der Waals surface area (Å²) in [5.74, 6) is -4.94. The summed E-state index contributed by atoms with van der Waals surface area (Å²) < 4.78 is 14.1. The van der Waals surface area contributed by atoms with E-state index < -0.39 is 62.7 Å². The predicted octanol–water partition coefficient (Wildman–Crippen LogP) is -5.22. The first-order valence-electron chi connectivity index (χ1n) is 7.41. The van der Waals surface area contributed by atoms with Gasteiger partial charge in [0, 0.05) is 23.4 Å². The lowest BCUT2D eigenvalue weighted by Crippen LogP contribution is -2.79. The molecule has 14 heteroatoms. The topological polar surface area (TPSA) is 113 Å². The summed E-state index contributed by atoms with van der Waals surface area (Å²) in [5, 5.41) is 9.06. The molecule has 2 aliphatic heterocycles. The minimum absolute atomic E-state index is 0.0257. The third kappa shape index (κ3) is 2.10. The highest BCUT2D eigenvalue weighted by Gasteiger charge is 2.65. The number of rotatable bonds is 1. The maximum Gasteiger partial charge on any atom is 0.254 e. The van der Waals surface area contributed by atoms with Crippen LogP contribution in [0.1, 0.15) is 15.9 Å². The maximum absolute atomic E-state index is 14.1. The van der Waals surface area contributed by atoms with Crippen molar-refractivity contribution in [3.8, 4) is 0 Å². The molecule has 0 spiro atoms. The number of nitrogen functional groups attached to an aromatic ring is 1. The third-order valence-electron chi connectivity index (χ3n) is 5.04. The number of piperidine rings is 1. The first-order chi connectivity index (χ1) is 12.2. The minimum atomic E-state index is -3.04. The highest BCUT2D eigenvalue weighted by Crippen LogP contribution is 2.48. The molecule has 0 bridgehead atoms. The number of halogens is 1. The highest BCUT2D eigenvalue weighted by molar-refractivity contribution is 6.58. The van der Waals surface area contributed by atoms with Gasteiger partial charge in [0.1, 0.15) is 37.2 Å². The van der Waals surface area contributed by atoms with Crippen molar-refractivity contribution in [3.63, 3.8) is 0 Å². The third-order valence-corrected chi connectivity index (χ3v) is 5.04. The standard InChI is InChI=1S/C13H6B6FN3O4/c14-4-3-2(7(21)5(15)6(4)20)1-23(8(3)24)11(16)9(25)22-10(26)12(17,27)13(11,18)19/h27H,1,21H2,(H,22,25,26)/t11-,12?/m1/s1. The molecule has 0 aromatic heterocycles. The smallest absolute Gasteiger partial charge is 0.254 e. The van der Waals surface area contributed by atoms with Gasteiger partial charge in [-0.25, -0.2) is 4.39 Å². The van der Waals surface area contributed by atoms with Gasteiger partial charge in [-0.1, -0.05) is 0 Å². The molecule has 2 aliphatic rings. The van der Waals surface area contributed by atoms with Crippen LogP contribution in [0.5, 0.6) is 0 Å². The van der Waals surface area contributed by atoms with Crippen molar-refractivity contribution in [2.45, 2.75) is 22.7 Å². The van der Waals surface area contributed by atoms with Gasteiger partial charge >= 0.3 is 0 Å². The SMILES string of the molecule is [B]c1c(N)c2c(c([B])c1F)C(=O)N([C@]1([B])C(=O)NC(=O)C([B])(O)C1([B])[B])C2. The number of imide groups is 1. The largest absolute Gasteiger partial charge is 0.399 e. The van der Waals surface area contributed by atoms with Crippen LogP contribution < -0.4 is 22.0 Å². The molecular weight excluding hydrogens is 346 g/mol. The molecule has 7 nitrogen and oxygen atoms in total. The Bertz CT molecular complexity index is 939. The maximum atomic E-state index is 14.1. The zero-order chi connectivity index (χ0) is 20.7. The number of carbonyl (C=O) groups excluding carboxylic acids is 3. The Balaban J connectivity index is 2.22. The second-order valence-electron chi connectivity index (χ2n) is 6.48. The number of hydrogen-bond acceptors (Lipinski definition) is 5. The van der Waals surface area contributed by atoms with Gasteiger partial charge in [-0.05, 0) is 16.1 Å². The van der Waals surface area contributed by atoms with E-state index in [0.717, 1.165) is 0 Å². The van der Waals surface area contributed by atoms with Gasteiger partial charge in [0.25, 0.3) is 5.91 Å². The summed E-state index contributed by atoms with van der Waals surface area (Å²) in [7, 11) is 34.2. The van der Waals surface area contributed by atoms with Crippen molar-refractivity contribution in [3.05, 3.63) is 16.9 Å². The Morgan fingerprint density at radius 2 is 1.63 bits per heavy atom. The van der Waals surface area contributed by atoms with Crippen molar-refractivity contribution < 1.29 is 23.9 Å². The molecule has 1 unspecified atom stereocenters. The lowest BCUT2D eigenvalue weighted by atomic mass is 9.29. The van der Waals surface area contributed by atoms with Crippen LogP contribution in [0, 0.1) is 5.82 Å². The van der Waals surface area contributed by atoms with Gasteiger partial charge in [-0.15, -0.1) is 0 Å². The van der Waals surface area contributed by atoms with Crippen LogP contribution in [-0.2, 0) is 16.1 Å². The highest BCUT2D eigenvalue weighted by atomic mass is 19.1. The molecule has 2 heterocycles. The molecule has 12 radical (unpaired) electrons. The lowest BCUT2D eigenvalue weighted by Gasteiger charge is -2.58. The van der Waals surface area contributed by atoms with Crippen LogP contribution in [0.25, 0.3) is 0 Å². The van der Waals surface area contributed by atoms with Crippen LogP contribution >= 0.6 is 0 Å². The summed E-state index contributed by atoms with van der Waals surface area (Å²) in [6.07, 6.45) is 0. The van der Waals surface area contributed by atoms with E-state index in [4.69, 9.17) is 52.8 Å². The van der Waals surface area contributed by atoms with E-state index in [0.29, 0.717) is 4.90 Å². The van der Waals surface area contributed by atoms with Crippen molar-refractivity contribution in [2.75, 3.05) is 5.73 Å². The molecule has 1 aromatic rings. The Kier molecular flexibility index (Phi) is 3.98. The van der Waals surface area contributed by atoms with Crippen LogP contribution in [0.3, 0.4) is 0 Å². The van der Waals surface area contributed by atoms with Gasteiger partial charge in [0.2, 0.25) is 11.8 Å². The number of carbonyl (C=O) groups is 3. The van der Waals surface area contributed by atoms with Gasteiger partial charge in [0.05, 0.1) is 26.6 Å². The number of nitrogens with two attached hydrogens (primary N) is 1. The fourth-order valence-electron chi connectivity index (χ4n) is 3.20. The van der Waals surface area contributed by atoms with Gasteiger partial charge in [-0.3, -0.25) is 19.7 Å². The molecule has 3 amide bonds. The van der Waals surface area contributed by atoms with Crippen molar-refractivity contribution in [2.24, 2.45) is 0 Å². The lowest BCUT2D eigenvalue weighted by molar-refractivity contribution is -0.151. The normalized spacial score (nSPS) is 29.6. The molecule has 0 saturated carbocycles. The van der Waals surface area contributed by atoms with E-state index in [2.05, 4.69) is 0 Å². The van der Waals surface area contributed by atoms with E-state index >= 15 is 0 Å². The van der Waals surface area contributed by atoms with E-state index in [1.54, 1.807) is 5.32 Å². The molecular formula is C13H6B6FN3O4. The van der Waals surface area contributed by atoms with Crippen molar-refractivity contribution >= 4 is 81.4 Å². The summed E-state index contributed by atoms with van der Waals surface area (Å²) in [5.41, 5.74) is -1.87. The van der Waals surface area contributed by atoms with Crippen LogP contribution in [-0.4, -0.2) is 85.7 Å². The van der Waals surface area contributed by atoms with Crippen LogP contribution in [0.4, 0.5) is 10.1 Å². The molecule has 1 fully saturated rings. The monoisotopic (exact) mass is 353 g/mol. The number of fused-ring (bicyclic) bond motifs is 1. The summed E-state index contributed by atoms with van der Waals surface area (Å²) in [4.78, 5) is 37.7. The number of benzene rings is 1. The van der Waals surface area contributed by atoms with E-state index in [1.807, 2.05) is 0 Å². The quantitative estimate of drug-likeness (QED) is 0.266.